The first-order valence-electron chi connectivity index (χ1n) is 6.40. The maximum absolute atomic E-state index is 9.54. The molecule has 0 radical (unpaired) electrons. The molecule has 2 aliphatic rings. The second-order valence-electron chi connectivity index (χ2n) is 5.19. The Bertz CT molecular complexity index is 461. The van der Waals surface area contributed by atoms with Gasteiger partial charge in [-0.05, 0) is 37.8 Å². The minimum absolute atomic E-state index is 0.185. The zero-order valence-electron chi connectivity index (χ0n) is 10.1. The van der Waals surface area contributed by atoms with Crippen molar-refractivity contribution in [3.05, 3.63) is 21.9 Å². The third kappa shape index (κ3) is 1.80. The summed E-state index contributed by atoms with van der Waals surface area (Å²) in [7, 11) is 0. The molecule has 0 saturated carbocycles. The summed E-state index contributed by atoms with van der Waals surface area (Å²) >= 11 is 1.85. The zero-order valence-corrected chi connectivity index (χ0v) is 10.9. The van der Waals surface area contributed by atoms with Crippen LogP contribution in [-0.4, -0.2) is 12.2 Å². The normalized spacial score (nSPS) is 35.1. The Kier molecular flexibility index (Phi) is 2.72. The van der Waals surface area contributed by atoms with E-state index in [1.54, 1.807) is 0 Å². The maximum atomic E-state index is 9.54. The van der Waals surface area contributed by atoms with E-state index < -0.39 is 0 Å². The highest BCUT2D eigenvalue weighted by atomic mass is 32.1. The summed E-state index contributed by atoms with van der Waals surface area (Å²) < 4.78 is 5.87. The van der Waals surface area contributed by atoms with Crippen LogP contribution < -0.4 is 0 Å². The third-order valence-corrected chi connectivity index (χ3v) is 5.32. The fourth-order valence-electron chi connectivity index (χ4n) is 3.16. The standard InChI is InChI=1S/C14H17NOS/c1-2-11-4-5-12(17-11)8-14(9-15)7-10-3-6-13(14)16-10/h4-5,10,13H,2-3,6-8H2,1H3. The molecule has 2 bridgehead atoms. The summed E-state index contributed by atoms with van der Waals surface area (Å²) in [6.45, 7) is 2.18. The number of fused-ring (bicyclic) bond motifs is 2. The van der Waals surface area contributed by atoms with Crippen LogP contribution in [0.5, 0.6) is 0 Å². The molecule has 2 aliphatic heterocycles. The van der Waals surface area contributed by atoms with E-state index in [9.17, 15) is 5.26 Å². The van der Waals surface area contributed by atoms with Gasteiger partial charge in [-0.2, -0.15) is 5.26 Å². The van der Waals surface area contributed by atoms with Crippen LogP contribution in [0.15, 0.2) is 12.1 Å². The van der Waals surface area contributed by atoms with Gasteiger partial charge in [0.05, 0.1) is 23.7 Å². The predicted molar refractivity (Wildman–Crippen MR) is 68.0 cm³/mol. The molecule has 90 valence electrons. The van der Waals surface area contributed by atoms with Crippen molar-refractivity contribution < 1.29 is 4.74 Å². The summed E-state index contributed by atoms with van der Waals surface area (Å²) in [5.74, 6) is 0. The highest BCUT2D eigenvalue weighted by molar-refractivity contribution is 7.12. The summed E-state index contributed by atoms with van der Waals surface area (Å²) in [5.41, 5.74) is -0.237. The molecule has 1 aromatic rings. The first-order valence-corrected chi connectivity index (χ1v) is 7.22. The van der Waals surface area contributed by atoms with Gasteiger partial charge in [-0.3, -0.25) is 0 Å². The molecule has 0 amide bonds. The molecule has 0 spiro atoms. The van der Waals surface area contributed by atoms with Crippen molar-refractivity contribution in [2.75, 3.05) is 0 Å². The van der Waals surface area contributed by atoms with E-state index in [-0.39, 0.29) is 11.5 Å². The molecule has 3 rings (SSSR count). The lowest BCUT2D eigenvalue weighted by Gasteiger charge is -2.27. The summed E-state index contributed by atoms with van der Waals surface area (Å²) in [4.78, 5) is 2.76. The van der Waals surface area contributed by atoms with E-state index in [1.165, 1.54) is 9.75 Å². The van der Waals surface area contributed by atoms with E-state index in [4.69, 9.17) is 4.74 Å². The Morgan fingerprint density at radius 2 is 2.29 bits per heavy atom. The Labute approximate surface area is 106 Å². The van der Waals surface area contributed by atoms with Crippen molar-refractivity contribution in [2.45, 2.75) is 51.2 Å². The number of aryl methyl sites for hydroxylation is 1. The van der Waals surface area contributed by atoms with Crippen LogP contribution in [0.2, 0.25) is 0 Å². The number of nitriles is 1. The Morgan fingerprint density at radius 3 is 2.82 bits per heavy atom. The number of ether oxygens (including phenoxy) is 1. The monoisotopic (exact) mass is 247 g/mol. The Morgan fingerprint density at radius 1 is 1.47 bits per heavy atom. The van der Waals surface area contributed by atoms with Crippen LogP contribution >= 0.6 is 11.3 Å². The van der Waals surface area contributed by atoms with Crippen LogP contribution in [0.3, 0.4) is 0 Å². The largest absolute Gasteiger partial charge is 0.373 e. The molecule has 0 N–H and O–H groups in total. The molecule has 3 atom stereocenters. The molecular formula is C14H17NOS. The SMILES string of the molecule is CCc1ccc(CC2(C#N)CC3CCC2O3)s1. The van der Waals surface area contributed by atoms with Gasteiger partial charge in [0.15, 0.2) is 0 Å². The predicted octanol–water partition coefficient (Wildman–Crippen LogP) is 3.31. The van der Waals surface area contributed by atoms with Gasteiger partial charge < -0.3 is 4.74 Å². The van der Waals surface area contributed by atoms with Crippen LogP contribution in [-0.2, 0) is 17.6 Å². The van der Waals surface area contributed by atoms with E-state index in [0.29, 0.717) is 6.10 Å². The highest BCUT2D eigenvalue weighted by Gasteiger charge is 2.52. The molecule has 0 aromatic carbocycles. The minimum atomic E-state index is -0.237. The van der Waals surface area contributed by atoms with Crippen molar-refractivity contribution in [2.24, 2.45) is 5.41 Å². The summed E-state index contributed by atoms with van der Waals surface area (Å²) in [6, 6.07) is 6.95. The molecule has 2 fully saturated rings. The second-order valence-corrected chi connectivity index (χ2v) is 6.45. The molecule has 0 aliphatic carbocycles. The average Bonchev–Trinajstić information content (AvgIpc) is 3.04. The third-order valence-electron chi connectivity index (χ3n) is 4.09. The first-order chi connectivity index (χ1) is 8.25. The fourth-order valence-corrected chi connectivity index (χ4v) is 4.24. The summed E-state index contributed by atoms with van der Waals surface area (Å²) in [6.07, 6.45) is 5.67. The van der Waals surface area contributed by atoms with Gasteiger partial charge in [0, 0.05) is 16.2 Å². The van der Waals surface area contributed by atoms with Gasteiger partial charge >= 0.3 is 0 Å². The first kappa shape index (κ1) is 11.3. The van der Waals surface area contributed by atoms with Crippen LogP contribution in [0.25, 0.3) is 0 Å². The lowest BCUT2D eigenvalue weighted by atomic mass is 9.72. The Balaban J connectivity index is 1.81. The van der Waals surface area contributed by atoms with Crippen LogP contribution in [0.1, 0.15) is 35.9 Å². The highest BCUT2D eigenvalue weighted by Crippen LogP contribution is 2.49. The van der Waals surface area contributed by atoms with Crippen molar-refractivity contribution in [1.29, 1.82) is 5.26 Å². The quantitative estimate of drug-likeness (QED) is 0.821. The van der Waals surface area contributed by atoms with E-state index in [1.807, 2.05) is 11.3 Å². The number of rotatable bonds is 3. The number of thiophene rings is 1. The van der Waals surface area contributed by atoms with Gasteiger partial charge in [-0.1, -0.05) is 6.92 Å². The van der Waals surface area contributed by atoms with Crippen molar-refractivity contribution in [3.8, 4) is 6.07 Å². The number of hydrogen-bond donors (Lipinski definition) is 0. The van der Waals surface area contributed by atoms with E-state index in [2.05, 4.69) is 25.1 Å². The molecule has 3 heteroatoms. The average molecular weight is 247 g/mol. The topological polar surface area (TPSA) is 33.0 Å². The number of hydrogen-bond acceptors (Lipinski definition) is 3. The zero-order chi connectivity index (χ0) is 11.9. The fraction of sp³-hybridized carbons (Fsp3) is 0.643. The lowest BCUT2D eigenvalue weighted by Crippen LogP contribution is -2.32. The Hall–Kier alpha value is -0.850. The van der Waals surface area contributed by atoms with Crippen molar-refractivity contribution in [3.63, 3.8) is 0 Å². The molecule has 2 saturated heterocycles. The van der Waals surface area contributed by atoms with Crippen LogP contribution in [0, 0.1) is 16.7 Å². The number of nitrogens with zero attached hydrogens (tertiary/aromatic N) is 1. The molecule has 3 unspecified atom stereocenters. The van der Waals surface area contributed by atoms with Gasteiger partial charge in [-0.25, -0.2) is 0 Å². The molecule has 2 nitrogen and oxygen atoms in total. The van der Waals surface area contributed by atoms with Crippen molar-refractivity contribution >= 4 is 11.3 Å². The van der Waals surface area contributed by atoms with E-state index in [0.717, 1.165) is 32.1 Å². The maximum Gasteiger partial charge on any atom is 0.0907 e. The van der Waals surface area contributed by atoms with Crippen molar-refractivity contribution in [1.82, 2.24) is 0 Å². The molecule has 17 heavy (non-hydrogen) atoms. The minimum Gasteiger partial charge on any atom is -0.373 e. The summed E-state index contributed by atoms with van der Waals surface area (Å²) in [5, 5.41) is 9.54. The van der Waals surface area contributed by atoms with Gasteiger partial charge in [0.1, 0.15) is 0 Å². The van der Waals surface area contributed by atoms with Gasteiger partial charge in [0.25, 0.3) is 0 Å². The van der Waals surface area contributed by atoms with E-state index >= 15 is 0 Å². The second kappa shape index (κ2) is 4.12. The molecule has 3 heterocycles. The smallest absolute Gasteiger partial charge is 0.0907 e. The molecular weight excluding hydrogens is 230 g/mol. The van der Waals surface area contributed by atoms with Gasteiger partial charge in [-0.15, -0.1) is 11.3 Å². The lowest BCUT2D eigenvalue weighted by molar-refractivity contribution is 0.0789. The molecule has 1 aromatic heterocycles. The van der Waals surface area contributed by atoms with Crippen LogP contribution in [0.4, 0.5) is 0 Å². The van der Waals surface area contributed by atoms with Gasteiger partial charge in [0.2, 0.25) is 0 Å².